The molecule has 1 atom stereocenters. The predicted molar refractivity (Wildman–Crippen MR) is 116 cm³/mol. The van der Waals surface area contributed by atoms with Crippen molar-refractivity contribution in [3.63, 3.8) is 0 Å². The van der Waals surface area contributed by atoms with E-state index in [-0.39, 0.29) is 36.7 Å². The summed E-state index contributed by atoms with van der Waals surface area (Å²) in [6, 6.07) is 9.84. The Hall–Kier alpha value is -3.31. The van der Waals surface area contributed by atoms with Gasteiger partial charge >= 0.3 is 0 Å². The second kappa shape index (κ2) is 8.56. The van der Waals surface area contributed by atoms with E-state index in [1.807, 2.05) is 12.1 Å². The normalized spacial score (nSPS) is 19.9. The number of sulfonamides is 1. The number of fused-ring (bicyclic) bond motifs is 2. The molecule has 3 heterocycles. The molecule has 0 radical (unpaired) electrons. The number of anilines is 1. The van der Waals surface area contributed by atoms with E-state index >= 15 is 0 Å². The number of hydrogen-bond acceptors (Lipinski definition) is 7. The molecule has 33 heavy (non-hydrogen) atoms. The third-order valence-corrected chi connectivity index (χ3v) is 7.74. The molecule has 10 nitrogen and oxygen atoms in total. The van der Waals surface area contributed by atoms with Crippen LogP contribution < -0.4 is 24.8 Å². The van der Waals surface area contributed by atoms with Gasteiger partial charge in [0.1, 0.15) is 5.75 Å². The Morgan fingerprint density at radius 3 is 2.79 bits per heavy atom. The molecular formula is C22H23N3O7S. The van der Waals surface area contributed by atoms with Crippen LogP contribution in [-0.2, 0) is 26.2 Å². The number of benzene rings is 2. The molecule has 0 saturated carbocycles. The van der Waals surface area contributed by atoms with Crippen molar-refractivity contribution in [3.05, 3.63) is 42.0 Å². The lowest BCUT2D eigenvalue weighted by atomic mass is 9.98. The van der Waals surface area contributed by atoms with Crippen molar-refractivity contribution in [2.45, 2.75) is 24.3 Å². The highest BCUT2D eigenvalue weighted by Gasteiger charge is 2.34. The molecule has 2 aromatic carbocycles. The average Bonchev–Trinajstić information content (AvgIpc) is 3.30. The largest absolute Gasteiger partial charge is 0.482 e. The van der Waals surface area contributed by atoms with Gasteiger partial charge in [-0.2, -0.15) is 4.31 Å². The van der Waals surface area contributed by atoms with Crippen LogP contribution in [0.1, 0.15) is 18.4 Å². The molecule has 0 spiro atoms. The van der Waals surface area contributed by atoms with Crippen molar-refractivity contribution < 1.29 is 32.2 Å². The van der Waals surface area contributed by atoms with Gasteiger partial charge in [-0.15, -0.1) is 0 Å². The van der Waals surface area contributed by atoms with Gasteiger partial charge in [0.25, 0.3) is 5.91 Å². The monoisotopic (exact) mass is 473 g/mol. The molecule has 0 bridgehead atoms. The van der Waals surface area contributed by atoms with Crippen LogP contribution in [0.2, 0.25) is 0 Å². The summed E-state index contributed by atoms with van der Waals surface area (Å²) < 4.78 is 43.7. The van der Waals surface area contributed by atoms with Crippen molar-refractivity contribution in [1.82, 2.24) is 9.62 Å². The van der Waals surface area contributed by atoms with Gasteiger partial charge in [-0.25, -0.2) is 8.42 Å². The third kappa shape index (κ3) is 4.33. The number of amides is 2. The molecule has 5 rings (SSSR count). The lowest BCUT2D eigenvalue weighted by molar-refractivity contribution is -0.126. The van der Waals surface area contributed by atoms with Crippen molar-refractivity contribution in [3.8, 4) is 17.2 Å². The minimum atomic E-state index is -3.84. The topological polar surface area (TPSA) is 123 Å². The zero-order valence-corrected chi connectivity index (χ0v) is 18.5. The number of carbonyl (C=O) groups is 2. The van der Waals surface area contributed by atoms with Crippen molar-refractivity contribution in [1.29, 1.82) is 0 Å². The highest BCUT2D eigenvalue weighted by Crippen LogP contribution is 2.33. The Balaban J connectivity index is 1.24. The molecular weight excluding hydrogens is 450 g/mol. The zero-order chi connectivity index (χ0) is 23.0. The van der Waals surface area contributed by atoms with Crippen LogP contribution >= 0.6 is 0 Å². The van der Waals surface area contributed by atoms with Crippen LogP contribution in [0.5, 0.6) is 17.2 Å². The smallest absolute Gasteiger partial charge is 0.262 e. The fraction of sp³-hybridized carbons (Fsp3) is 0.364. The molecule has 2 amide bonds. The van der Waals surface area contributed by atoms with E-state index in [9.17, 15) is 18.0 Å². The van der Waals surface area contributed by atoms with Gasteiger partial charge in [-0.3, -0.25) is 9.59 Å². The van der Waals surface area contributed by atoms with Gasteiger partial charge < -0.3 is 24.8 Å². The maximum Gasteiger partial charge on any atom is 0.262 e. The molecule has 174 valence electrons. The SMILES string of the molecule is O=C1COc2ccc(S(=O)(=O)N3CCCC(C(=O)NCc4ccc5c(c4)OCO5)C3)cc2N1. The van der Waals surface area contributed by atoms with Crippen molar-refractivity contribution in [2.75, 3.05) is 31.8 Å². The Kier molecular flexibility index (Phi) is 5.59. The molecule has 1 fully saturated rings. The van der Waals surface area contributed by atoms with E-state index in [2.05, 4.69) is 10.6 Å². The van der Waals surface area contributed by atoms with Gasteiger partial charge in [0.15, 0.2) is 18.1 Å². The molecule has 1 unspecified atom stereocenters. The van der Waals surface area contributed by atoms with Crippen LogP contribution in [-0.4, -0.2) is 51.0 Å². The summed E-state index contributed by atoms with van der Waals surface area (Å²) in [5.74, 6) is 0.749. The van der Waals surface area contributed by atoms with Crippen LogP contribution in [0.25, 0.3) is 0 Å². The highest BCUT2D eigenvalue weighted by molar-refractivity contribution is 7.89. The van der Waals surface area contributed by atoms with Crippen molar-refractivity contribution >= 4 is 27.5 Å². The summed E-state index contributed by atoms with van der Waals surface area (Å²) in [6.07, 6.45) is 1.18. The summed E-state index contributed by atoms with van der Waals surface area (Å²) in [4.78, 5) is 24.4. The Morgan fingerprint density at radius 2 is 1.91 bits per heavy atom. The van der Waals surface area contributed by atoms with E-state index in [1.165, 1.54) is 22.5 Å². The molecule has 3 aliphatic rings. The summed E-state index contributed by atoms with van der Waals surface area (Å²) in [5.41, 5.74) is 1.19. The van der Waals surface area contributed by atoms with E-state index in [1.54, 1.807) is 6.07 Å². The molecule has 2 aromatic rings. The molecule has 11 heteroatoms. The standard InChI is InChI=1S/C22H23N3O7S/c26-21-12-30-18-6-4-16(9-17(18)24-21)33(28,29)25-7-1-2-15(11-25)22(27)23-10-14-3-5-19-20(8-14)32-13-31-19/h3-6,8-9,15H,1-2,7,10-13H2,(H,23,27)(H,24,26). The molecule has 2 N–H and O–H groups in total. The van der Waals surface area contributed by atoms with Crippen LogP contribution in [0, 0.1) is 5.92 Å². The summed E-state index contributed by atoms with van der Waals surface area (Å²) in [5, 5.41) is 5.52. The fourth-order valence-electron chi connectivity index (χ4n) is 4.13. The molecule has 1 saturated heterocycles. The van der Waals surface area contributed by atoms with Gasteiger partial charge in [0, 0.05) is 19.6 Å². The summed E-state index contributed by atoms with van der Waals surface area (Å²) in [7, 11) is -3.84. The fourth-order valence-corrected chi connectivity index (χ4v) is 5.68. The number of carbonyl (C=O) groups excluding carboxylic acids is 2. The molecule has 0 aromatic heterocycles. The Bertz CT molecular complexity index is 1210. The second-order valence-electron chi connectivity index (χ2n) is 8.10. The maximum absolute atomic E-state index is 13.2. The van der Waals surface area contributed by atoms with Gasteiger partial charge in [0.2, 0.25) is 22.7 Å². The molecule has 0 aliphatic carbocycles. The first-order valence-corrected chi connectivity index (χ1v) is 12.1. The minimum Gasteiger partial charge on any atom is -0.482 e. The minimum absolute atomic E-state index is 0.0495. The number of ether oxygens (including phenoxy) is 3. The quantitative estimate of drug-likeness (QED) is 0.674. The first-order chi connectivity index (χ1) is 15.9. The number of rotatable bonds is 5. The first kappa shape index (κ1) is 21.5. The molecule has 3 aliphatic heterocycles. The Labute approximate surface area is 190 Å². The second-order valence-corrected chi connectivity index (χ2v) is 10.0. The third-order valence-electron chi connectivity index (χ3n) is 5.88. The number of nitrogens with zero attached hydrogens (tertiary/aromatic N) is 1. The van der Waals surface area contributed by atoms with Crippen molar-refractivity contribution in [2.24, 2.45) is 5.92 Å². The van der Waals surface area contributed by atoms with Gasteiger partial charge in [-0.05, 0) is 48.7 Å². The summed E-state index contributed by atoms with van der Waals surface area (Å²) in [6.45, 7) is 0.808. The zero-order valence-electron chi connectivity index (χ0n) is 17.7. The van der Waals surface area contributed by atoms with E-state index in [4.69, 9.17) is 14.2 Å². The number of hydrogen-bond donors (Lipinski definition) is 2. The first-order valence-electron chi connectivity index (χ1n) is 10.6. The van der Waals surface area contributed by atoms with Gasteiger partial charge in [-0.1, -0.05) is 6.07 Å². The van der Waals surface area contributed by atoms with Gasteiger partial charge in [0.05, 0.1) is 16.5 Å². The van der Waals surface area contributed by atoms with Crippen LogP contribution in [0.15, 0.2) is 41.3 Å². The van der Waals surface area contributed by atoms with E-state index in [0.717, 1.165) is 5.56 Å². The summed E-state index contributed by atoms with van der Waals surface area (Å²) >= 11 is 0. The predicted octanol–water partition coefficient (Wildman–Crippen LogP) is 1.46. The number of nitrogens with one attached hydrogen (secondary N) is 2. The van der Waals surface area contributed by atoms with E-state index < -0.39 is 15.9 Å². The lowest BCUT2D eigenvalue weighted by Gasteiger charge is -2.31. The average molecular weight is 474 g/mol. The van der Waals surface area contributed by atoms with Crippen LogP contribution in [0.3, 0.4) is 0 Å². The Morgan fingerprint density at radius 1 is 1.09 bits per heavy atom. The maximum atomic E-state index is 13.2. The van der Waals surface area contributed by atoms with E-state index in [0.29, 0.717) is 48.9 Å². The highest BCUT2D eigenvalue weighted by atomic mass is 32.2. The number of piperidine rings is 1. The van der Waals surface area contributed by atoms with Crippen LogP contribution in [0.4, 0.5) is 5.69 Å². The lowest BCUT2D eigenvalue weighted by Crippen LogP contribution is -2.45.